The summed E-state index contributed by atoms with van der Waals surface area (Å²) in [5.41, 5.74) is 3.46. The van der Waals surface area contributed by atoms with Crippen LogP contribution in [0.5, 0.6) is 0 Å². The van der Waals surface area contributed by atoms with E-state index in [2.05, 4.69) is 56.6 Å². The van der Waals surface area contributed by atoms with Crippen molar-refractivity contribution in [1.29, 1.82) is 0 Å². The number of aryl methyl sites for hydroxylation is 1. The Bertz CT molecular complexity index is 827. The number of methoxy groups -OCH3 is 1. The Morgan fingerprint density at radius 1 is 1.26 bits per heavy atom. The first-order valence-electron chi connectivity index (χ1n) is 7.29. The number of esters is 1. The average Bonchev–Trinajstić information content (AvgIpc) is 3.00. The molecule has 0 bridgehead atoms. The molecule has 2 heterocycles. The van der Waals surface area contributed by atoms with Crippen molar-refractivity contribution in [1.82, 2.24) is 9.97 Å². The summed E-state index contributed by atoms with van der Waals surface area (Å²) in [6.07, 6.45) is 1.84. The largest absolute Gasteiger partial charge is 0.469 e. The molecule has 0 spiro atoms. The van der Waals surface area contributed by atoms with Gasteiger partial charge in [0.1, 0.15) is 17.0 Å². The maximum absolute atomic E-state index is 11.2. The number of rotatable bonds is 5. The van der Waals surface area contributed by atoms with E-state index in [1.165, 1.54) is 19.0 Å². The maximum Gasteiger partial charge on any atom is 0.307 e. The zero-order valence-corrected chi connectivity index (χ0v) is 13.8. The lowest BCUT2D eigenvalue weighted by Crippen LogP contribution is -2.10. The van der Waals surface area contributed by atoms with Crippen LogP contribution in [0.2, 0.25) is 0 Å². The molecule has 0 saturated heterocycles. The highest BCUT2D eigenvalue weighted by Crippen LogP contribution is 2.36. The van der Waals surface area contributed by atoms with Gasteiger partial charge in [0, 0.05) is 17.5 Å². The van der Waals surface area contributed by atoms with Crippen molar-refractivity contribution in [2.75, 3.05) is 19.0 Å². The topological polar surface area (TPSA) is 64.1 Å². The molecule has 3 rings (SSSR count). The number of benzene rings is 1. The first-order valence-corrected chi connectivity index (χ1v) is 8.17. The molecule has 5 nitrogen and oxygen atoms in total. The number of thiophene rings is 1. The highest BCUT2D eigenvalue weighted by Gasteiger charge is 2.13. The van der Waals surface area contributed by atoms with Crippen molar-refractivity contribution in [2.45, 2.75) is 13.3 Å². The van der Waals surface area contributed by atoms with Crippen molar-refractivity contribution in [3.63, 3.8) is 0 Å². The second-order valence-corrected chi connectivity index (χ2v) is 6.03. The standard InChI is InChI=1S/C17H17N3O2S/c1-11-3-5-12(6-4-11)13-9-23-17-15(13)16(19-10-20-17)18-8-7-14(21)22-2/h3-6,9-10H,7-8H2,1-2H3,(H,18,19,20). The van der Waals surface area contributed by atoms with Crippen LogP contribution in [0.4, 0.5) is 5.82 Å². The molecule has 0 fully saturated rings. The van der Waals surface area contributed by atoms with Gasteiger partial charge in [-0.25, -0.2) is 9.97 Å². The molecule has 1 aromatic carbocycles. The Hall–Kier alpha value is -2.47. The van der Waals surface area contributed by atoms with E-state index >= 15 is 0 Å². The zero-order chi connectivity index (χ0) is 16.2. The monoisotopic (exact) mass is 327 g/mol. The van der Waals surface area contributed by atoms with Gasteiger partial charge in [-0.05, 0) is 12.5 Å². The third-order valence-corrected chi connectivity index (χ3v) is 4.47. The van der Waals surface area contributed by atoms with E-state index < -0.39 is 0 Å². The highest BCUT2D eigenvalue weighted by molar-refractivity contribution is 7.17. The number of hydrogen-bond donors (Lipinski definition) is 1. The molecule has 0 unspecified atom stereocenters. The van der Waals surface area contributed by atoms with Crippen LogP contribution in [0.1, 0.15) is 12.0 Å². The second-order valence-electron chi connectivity index (χ2n) is 5.17. The summed E-state index contributed by atoms with van der Waals surface area (Å²) in [4.78, 5) is 20.8. The molecule has 118 valence electrons. The van der Waals surface area contributed by atoms with E-state index in [0.717, 1.165) is 27.2 Å². The van der Waals surface area contributed by atoms with Gasteiger partial charge in [0.15, 0.2) is 0 Å². The van der Waals surface area contributed by atoms with Crippen molar-refractivity contribution < 1.29 is 9.53 Å². The second kappa shape index (κ2) is 6.75. The van der Waals surface area contributed by atoms with Gasteiger partial charge in [-0.3, -0.25) is 4.79 Å². The summed E-state index contributed by atoms with van der Waals surface area (Å²) in [7, 11) is 1.39. The normalized spacial score (nSPS) is 10.7. The van der Waals surface area contributed by atoms with Gasteiger partial charge < -0.3 is 10.1 Å². The van der Waals surface area contributed by atoms with Gasteiger partial charge in [0.25, 0.3) is 0 Å². The van der Waals surface area contributed by atoms with E-state index in [0.29, 0.717) is 13.0 Å². The molecule has 0 aliphatic rings. The molecule has 0 aliphatic heterocycles. The van der Waals surface area contributed by atoms with E-state index in [-0.39, 0.29) is 5.97 Å². The number of nitrogens with zero attached hydrogens (tertiary/aromatic N) is 2. The fourth-order valence-corrected chi connectivity index (χ4v) is 3.26. The Labute approximate surface area is 138 Å². The number of anilines is 1. The third kappa shape index (κ3) is 3.32. The number of carbonyl (C=O) groups is 1. The molecule has 0 saturated carbocycles. The quantitative estimate of drug-likeness (QED) is 0.725. The van der Waals surface area contributed by atoms with Gasteiger partial charge in [0.05, 0.1) is 18.9 Å². The Morgan fingerprint density at radius 3 is 2.78 bits per heavy atom. The number of carbonyl (C=O) groups excluding carboxylic acids is 1. The van der Waals surface area contributed by atoms with Gasteiger partial charge in [-0.1, -0.05) is 29.8 Å². The van der Waals surface area contributed by atoms with Crippen molar-refractivity contribution in [2.24, 2.45) is 0 Å². The van der Waals surface area contributed by atoms with Gasteiger partial charge in [-0.15, -0.1) is 11.3 Å². The molecule has 0 aliphatic carbocycles. The molecular formula is C17H17N3O2S. The van der Waals surface area contributed by atoms with Crippen LogP contribution >= 0.6 is 11.3 Å². The Morgan fingerprint density at radius 2 is 2.04 bits per heavy atom. The first-order chi connectivity index (χ1) is 11.2. The first kappa shape index (κ1) is 15.4. The fraction of sp³-hybridized carbons (Fsp3) is 0.235. The number of aromatic nitrogens is 2. The SMILES string of the molecule is COC(=O)CCNc1ncnc2scc(-c3ccc(C)cc3)c12. The van der Waals surface area contributed by atoms with E-state index in [4.69, 9.17) is 0 Å². The van der Waals surface area contributed by atoms with Crippen LogP contribution in [0.25, 0.3) is 21.3 Å². The van der Waals surface area contributed by atoms with Gasteiger partial charge >= 0.3 is 5.97 Å². The summed E-state index contributed by atoms with van der Waals surface area (Å²) in [5.74, 6) is 0.502. The van der Waals surface area contributed by atoms with E-state index in [1.54, 1.807) is 11.3 Å². The summed E-state index contributed by atoms with van der Waals surface area (Å²) < 4.78 is 4.66. The molecule has 0 atom stereocenters. The van der Waals surface area contributed by atoms with E-state index in [9.17, 15) is 4.79 Å². The lowest BCUT2D eigenvalue weighted by molar-refractivity contribution is -0.140. The lowest BCUT2D eigenvalue weighted by atomic mass is 10.0. The van der Waals surface area contributed by atoms with E-state index in [1.807, 2.05) is 0 Å². The fourth-order valence-electron chi connectivity index (χ4n) is 2.34. The van der Waals surface area contributed by atoms with Crippen molar-refractivity contribution in [3.05, 3.63) is 41.5 Å². The Kier molecular flexibility index (Phi) is 4.52. The molecule has 1 N–H and O–H groups in total. The average molecular weight is 327 g/mol. The van der Waals surface area contributed by atoms with Crippen LogP contribution in [0.15, 0.2) is 36.0 Å². The minimum absolute atomic E-state index is 0.244. The minimum Gasteiger partial charge on any atom is -0.469 e. The predicted molar refractivity (Wildman–Crippen MR) is 92.7 cm³/mol. The number of hydrogen-bond acceptors (Lipinski definition) is 6. The summed E-state index contributed by atoms with van der Waals surface area (Å²) in [5, 5.41) is 6.30. The lowest BCUT2D eigenvalue weighted by Gasteiger charge is -2.08. The highest BCUT2D eigenvalue weighted by atomic mass is 32.1. The zero-order valence-electron chi connectivity index (χ0n) is 13.0. The minimum atomic E-state index is -0.244. The summed E-state index contributed by atoms with van der Waals surface area (Å²) in [6.45, 7) is 2.54. The maximum atomic E-state index is 11.2. The molecule has 0 amide bonds. The van der Waals surface area contributed by atoms with Crippen LogP contribution in [-0.2, 0) is 9.53 Å². The van der Waals surface area contributed by atoms with Gasteiger partial charge in [-0.2, -0.15) is 0 Å². The van der Waals surface area contributed by atoms with Crippen LogP contribution in [0, 0.1) is 6.92 Å². The molecule has 3 aromatic rings. The van der Waals surface area contributed by atoms with Crippen molar-refractivity contribution in [3.8, 4) is 11.1 Å². The van der Waals surface area contributed by atoms with Crippen molar-refractivity contribution >= 4 is 33.3 Å². The number of ether oxygens (including phenoxy) is 1. The van der Waals surface area contributed by atoms with Crippen LogP contribution in [0.3, 0.4) is 0 Å². The van der Waals surface area contributed by atoms with Crippen LogP contribution in [-0.4, -0.2) is 29.6 Å². The third-order valence-electron chi connectivity index (χ3n) is 3.58. The van der Waals surface area contributed by atoms with Gasteiger partial charge in [0.2, 0.25) is 0 Å². The summed E-state index contributed by atoms with van der Waals surface area (Å²) in [6, 6.07) is 8.38. The molecule has 2 aromatic heterocycles. The smallest absolute Gasteiger partial charge is 0.307 e. The Balaban J connectivity index is 1.94. The molecule has 0 radical (unpaired) electrons. The van der Waals surface area contributed by atoms with Crippen LogP contribution < -0.4 is 5.32 Å². The number of nitrogens with one attached hydrogen (secondary N) is 1. The molecule has 6 heteroatoms. The summed E-state index contributed by atoms with van der Waals surface area (Å²) >= 11 is 1.59. The number of fused-ring (bicyclic) bond motifs is 1. The molecule has 23 heavy (non-hydrogen) atoms. The predicted octanol–water partition coefficient (Wildman–Crippen LogP) is 3.64. The molecular weight excluding hydrogens is 310 g/mol.